The number of anilines is 1. The molecular formula is C24H32N2O4S. The quantitative estimate of drug-likeness (QED) is 0.573. The van der Waals surface area contributed by atoms with E-state index in [0.717, 1.165) is 30.4 Å². The Kier molecular flexibility index (Phi) is 6.76. The summed E-state index contributed by atoms with van der Waals surface area (Å²) in [5.74, 6) is 0.0240. The van der Waals surface area contributed by atoms with Gasteiger partial charge in [-0.1, -0.05) is 45.0 Å². The van der Waals surface area contributed by atoms with Gasteiger partial charge in [-0.2, -0.15) is 0 Å². The molecule has 2 aromatic rings. The molecule has 31 heavy (non-hydrogen) atoms. The molecule has 168 valence electrons. The molecule has 0 unspecified atom stereocenters. The molecule has 1 amide bonds. The van der Waals surface area contributed by atoms with Gasteiger partial charge in [0, 0.05) is 25.9 Å². The second-order valence-corrected chi connectivity index (χ2v) is 10.8. The molecule has 0 spiro atoms. The maximum absolute atomic E-state index is 12.8. The molecular weight excluding hydrogens is 412 g/mol. The van der Waals surface area contributed by atoms with Crippen molar-refractivity contribution in [1.29, 1.82) is 0 Å². The molecule has 7 heteroatoms. The Balaban J connectivity index is 1.67. The smallest absolute Gasteiger partial charge is 0.261 e. The molecule has 1 aliphatic rings. The maximum Gasteiger partial charge on any atom is 0.261 e. The first-order chi connectivity index (χ1) is 14.6. The molecule has 2 N–H and O–H groups in total. The van der Waals surface area contributed by atoms with Gasteiger partial charge in [0.05, 0.1) is 10.3 Å². The van der Waals surface area contributed by atoms with Crippen LogP contribution in [0.1, 0.15) is 51.2 Å². The fourth-order valence-electron chi connectivity index (χ4n) is 3.56. The van der Waals surface area contributed by atoms with E-state index in [0.29, 0.717) is 18.8 Å². The standard InChI is InChI=1S/C24H32N2O4S/c1-23(2,3)18-8-12-21(13-9-18)31(28,29)26-20-10-6-19(7-11-20)24(14-15-24)22(27)25-16-5-17-30-4/h6-13,26H,5,14-17H2,1-4H3,(H,25,27). The number of carbonyl (C=O) groups excluding carboxylic acids is 1. The van der Waals surface area contributed by atoms with E-state index in [1.807, 2.05) is 24.3 Å². The summed E-state index contributed by atoms with van der Waals surface area (Å²) in [6.45, 7) is 7.45. The zero-order valence-electron chi connectivity index (χ0n) is 18.7. The zero-order valence-corrected chi connectivity index (χ0v) is 19.5. The predicted molar refractivity (Wildman–Crippen MR) is 123 cm³/mol. The van der Waals surface area contributed by atoms with Crippen LogP contribution < -0.4 is 10.0 Å². The minimum absolute atomic E-state index is 0.0240. The number of rotatable bonds is 9. The van der Waals surface area contributed by atoms with Gasteiger partial charge in [0.1, 0.15) is 0 Å². The lowest BCUT2D eigenvalue weighted by Crippen LogP contribution is -2.35. The number of sulfonamides is 1. The Morgan fingerprint density at radius 2 is 1.65 bits per heavy atom. The highest BCUT2D eigenvalue weighted by Gasteiger charge is 2.51. The average Bonchev–Trinajstić information content (AvgIpc) is 3.53. The Bertz CT molecular complexity index is 1000. The second-order valence-electron chi connectivity index (χ2n) is 9.14. The number of carbonyl (C=O) groups is 1. The number of hydrogen-bond donors (Lipinski definition) is 2. The molecule has 1 fully saturated rings. The van der Waals surface area contributed by atoms with E-state index < -0.39 is 15.4 Å². The molecule has 0 radical (unpaired) electrons. The lowest BCUT2D eigenvalue weighted by atomic mass is 9.87. The molecule has 1 aliphatic carbocycles. The Morgan fingerprint density at radius 1 is 1.03 bits per heavy atom. The third-order valence-electron chi connectivity index (χ3n) is 5.72. The summed E-state index contributed by atoms with van der Waals surface area (Å²) in [5, 5.41) is 2.98. The lowest BCUT2D eigenvalue weighted by molar-refractivity contribution is -0.123. The lowest BCUT2D eigenvalue weighted by Gasteiger charge is -2.19. The monoisotopic (exact) mass is 444 g/mol. The molecule has 0 aromatic heterocycles. The van der Waals surface area contributed by atoms with Crippen LogP contribution in [0.4, 0.5) is 5.69 Å². The first-order valence-corrected chi connectivity index (χ1v) is 12.1. The van der Waals surface area contributed by atoms with Crippen LogP contribution in [0.3, 0.4) is 0 Å². The predicted octanol–water partition coefficient (Wildman–Crippen LogP) is 3.97. The van der Waals surface area contributed by atoms with E-state index in [2.05, 4.69) is 30.8 Å². The summed E-state index contributed by atoms with van der Waals surface area (Å²) in [5.41, 5.74) is 1.92. The fraction of sp³-hybridized carbons (Fsp3) is 0.458. The summed E-state index contributed by atoms with van der Waals surface area (Å²) in [6, 6.07) is 14.1. The van der Waals surface area contributed by atoms with Crippen molar-refractivity contribution in [3.63, 3.8) is 0 Å². The molecule has 6 nitrogen and oxygen atoms in total. The highest BCUT2D eigenvalue weighted by Crippen LogP contribution is 2.48. The molecule has 3 rings (SSSR count). The van der Waals surface area contributed by atoms with Crippen LogP contribution in [0.2, 0.25) is 0 Å². The van der Waals surface area contributed by atoms with Gasteiger partial charge in [0.15, 0.2) is 0 Å². The summed E-state index contributed by atoms with van der Waals surface area (Å²) < 4.78 is 33.1. The number of ether oxygens (including phenoxy) is 1. The number of methoxy groups -OCH3 is 1. The van der Waals surface area contributed by atoms with Gasteiger partial charge in [-0.05, 0) is 60.1 Å². The van der Waals surface area contributed by atoms with Gasteiger partial charge in [-0.25, -0.2) is 8.42 Å². The normalized spacial score (nSPS) is 15.4. The first kappa shape index (κ1) is 23.3. The van der Waals surface area contributed by atoms with Crippen molar-refractivity contribution in [3.8, 4) is 0 Å². The van der Waals surface area contributed by atoms with E-state index in [4.69, 9.17) is 4.74 Å². The van der Waals surface area contributed by atoms with Crippen molar-refractivity contribution in [1.82, 2.24) is 5.32 Å². The third-order valence-corrected chi connectivity index (χ3v) is 7.11. The topological polar surface area (TPSA) is 84.5 Å². The van der Waals surface area contributed by atoms with Crippen molar-refractivity contribution in [3.05, 3.63) is 59.7 Å². The van der Waals surface area contributed by atoms with Crippen LogP contribution in [-0.4, -0.2) is 34.6 Å². The molecule has 0 saturated heterocycles. The van der Waals surface area contributed by atoms with Gasteiger partial charge in [0.25, 0.3) is 10.0 Å². The van der Waals surface area contributed by atoms with Crippen LogP contribution in [0.15, 0.2) is 53.4 Å². The van der Waals surface area contributed by atoms with Crippen molar-refractivity contribution >= 4 is 21.6 Å². The van der Waals surface area contributed by atoms with Gasteiger partial charge in [-0.15, -0.1) is 0 Å². The Hall–Kier alpha value is -2.38. The molecule has 1 saturated carbocycles. The van der Waals surface area contributed by atoms with Crippen molar-refractivity contribution in [2.75, 3.05) is 25.0 Å². The zero-order chi connectivity index (χ0) is 22.7. The Morgan fingerprint density at radius 3 is 2.16 bits per heavy atom. The number of hydrogen-bond acceptors (Lipinski definition) is 4. The number of nitrogens with one attached hydrogen (secondary N) is 2. The molecule has 2 aromatic carbocycles. The van der Waals surface area contributed by atoms with Gasteiger partial charge < -0.3 is 10.1 Å². The summed E-state index contributed by atoms with van der Waals surface area (Å²) in [6.07, 6.45) is 2.37. The van der Waals surface area contributed by atoms with Gasteiger partial charge >= 0.3 is 0 Å². The third kappa shape index (κ3) is 5.46. The minimum Gasteiger partial charge on any atom is -0.385 e. The summed E-state index contributed by atoms with van der Waals surface area (Å²) in [4.78, 5) is 12.8. The fourth-order valence-corrected chi connectivity index (χ4v) is 4.62. The van der Waals surface area contributed by atoms with Crippen LogP contribution >= 0.6 is 0 Å². The van der Waals surface area contributed by atoms with Gasteiger partial charge in [0.2, 0.25) is 5.91 Å². The molecule has 0 heterocycles. The largest absolute Gasteiger partial charge is 0.385 e. The van der Waals surface area contributed by atoms with Crippen molar-refractivity contribution in [2.45, 2.75) is 55.8 Å². The maximum atomic E-state index is 12.8. The number of amides is 1. The van der Waals surface area contributed by atoms with E-state index in [1.165, 1.54) is 0 Å². The highest BCUT2D eigenvalue weighted by atomic mass is 32.2. The van der Waals surface area contributed by atoms with Crippen LogP contribution in [0, 0.1) is 0 Å². The molecule has 0 atom stereocenters. The van der Waals surface area contributed by atoms with Gasteiger partial charge in [-0.3, -0.25) is 9.52 Å². The first-order valence-electron chi connectivity index (χ1n) is 10.6. The van der Waals surface area contributed by atoms with E-state index in [-0.39, 0.29) is 16.2 Å². The van der Waals surface area contributed by atoms with Crippen molar-refractivity contribution in [2.24, 2.45) is 0 Å². The highest BCUT2D eigenvalue weighted by molar-refractivity contribution is 7.92. The van der Waals surface area contributed by atoms with Crippen molar-refractivity contribution < 1.29 is 17.9 Å². The number of benzene rings is 2. The second kappa shape index (κ2) is 9.01. The minimum atomic E-state index is -3.68. The summed E-state index contributed by atoms with van der Waals surface area (Å²) in [7, 11) is -2.04. The van der Waals surface area contributed by atoms with E-state index in [9.17, 15) is 13.2 Å². The Labute approximate surface area is 185 Å². The average molecular weight is 445 g/mol. The molecule has 0 aliphatic heterocycles. The van der Waals surface area contributed by atoms with Crippen LogP contribution in [-0.2, 0) is 30.4 Å². The van der Waals surface area contributed by atoms with Crippen LogP contribution in [0.5, 0.6) is 0 Å². The summed E-state index contributed by atoms with van der Waals surface area (Å²) >= 11 is 0. The van der Waals surface area contributed by atoms with E-state index >= 15 is 0 Å². The SMILES string of the molecule is COCCCNC(=O)C1(c2ccc(NS(=O)(=O)c3ccc(C(C)(C)C)cc3)cc2)CC1. The van der Waals surface area contributed by atoms with Crippen LogP contribution in [0.25, 0.3) is 0 Å². The van der Waals surface area contributed by atoms with E-state index in [1.54, 1.807) is 31.4 Å². The molecule has 0 bridgehead atoms.